The predicted molar refractivity (Wildman–Crippen MR) is 116 cm³/mol. The highest BCUT2D eigenvalue weighted by molar-refractivity contribution is 7.20. The van der Waals surface area contributed by atoms with Crippen molar-refractivity contribution in [1.29, 1.82) is 0 Å². The fourth-order valence-electron chi connectivity index (χ4n) is 3.90. The Morgan fingerprint density at radius 1 is 1.23 bits per heavy atom. The Balaban J connectivity index is 1.38. The van der Waals surface area contributed by atoms with Gasteiger partial charge in [-0.25, -0.2) is 4.68 Å². The Morgan fingerprint density at radius 2 is 2.03 bits per heavy atom. The van der Waals surface area contributed by atoms with Gasteiger partial charge < -0.3 is 9.42 Å². The summed E-state index contributed by atoms with van der Waals surface area (Å²) < 4.78 is 7.17. The Hall–Kier alpha value is -2.71. The maximum absolute atomic E-state index is 13.2. The molecule has 9 heteroatoms. The van der Waals surface area contributed by atoms with Crippen LogP contribution >= 0.6 is 22.9 Å². The van der Waals surface area contributed by atoms with E-state index in [0.717, 1.165) is 39.3 Å². The van der Waals surface area contributed by atoms with Crippen molar-refractivity contribution in [2.75, 3.05) is 13.1 Å². The number of fused-ring (bicyclic) bond motifs is 1. The molecule has 1 fully saturated rings. The fourth-order valence-corrected chi connectivity index (χ4v) is 5.24. The minimum atomic E-state index is 0.0633. The number of amides is 1. The van der Waals surface area contributed by atoms with Crippen LogP contribution in [0.2, 0.25) is 5.02 Å². The summed E-state index contributed by atoms with van der Waals surface area (Å²) in [7, 11) is 0. The van der Waals surface area contributed by atoms with E-state index in [1.54, 1.807) is 0 Å². The number of hydrogen-bond donors (Lipinski definition) is 0. The van der Waals surface area contributed by atoms with Crippen LogP contribution in [-0.4, -0.2) is 43.8 Å². The summed E-state index contributed by atoms with van der Waals surface area (Å²) in [5.41, 5.74) is 1.78. The number of rotatable bonds is 3. The second-order valence-corrected chi connectivity index (χ2v) is 9.02. The van der Waals surface area contributed by atoms with E-state index >= 15 is 0 Å². The lowest BCUT2D eigenvalue weighted by molar-refractivity contribution is 0.0709. The molecule has 154 valence electrons. The van der Waals surface area contributed by atoms with Crippen LogP contribution in [0.5, 0.6) is 0 Å². The molecule has 7 nitrogen and oxygen atoms in total. The number of halogens is 1. The van der Waals surface area contributed by atoms with Crippen LogP contribution in [0.25, 0.3) is 15.9 Å². The zero-order valence-electron chi connectivity index (χ0n) is 16.6. The molecular weight excluding hydrogens is 422 g/mol. The van der Waals surface area contributed by atoms with Gasteiger partial charge in [0.25, 0.3) is 5.91 Å². The van der Waals surface area contributed by atoms with E-state index in [0.29, 0.717) is 29.8 Å². The van der Waals surface area contributed by atoms with E-state index < -0.39 is 0 Å². The van der Waals surface area contributed by atoms with Crippen LogP contribution in [0.1, 0.15) is 45.8 Å². The third-order valence-electron chi connectivity index (χ3n) is 5.48. The third kappa shape index (κ3) is 3.40. The Bertz CT molecular complexity index is 1240. The fraction of sp³-hybridized carbons (Fsp3) is 0.333. The Labute approximate surface area is 182 Å². The van der Waals surface area contributed by atoms with Crippen LogP contribution < -0.4 is 0 Å². The standard InChI is InChI=1S/C21H20ClN5O2S/c1-12-17-11-18(30-21(17)27(24-12)16-5-3-4-15(22)10-16)20(28)26-8-6-14(7-9-26)19-23-13(2)25-29-19/h3-5,10-11,14H,6-9H2,1-2H3. The van der Waals surface area contributed by atoms with E-state index in [2.05, 4.69) is 15.2 Å². The first kappa shape index (κ1) is 19.3. The number of thiophene rings is 1. The number of likely N-dealkylation sites (tertiary alicyclic amines) is 1. The van der Waals surface area contributed by atoms with E-state index in [9.17, 15) is 4.79 Å². The minimum absolute atomic E-state index is 0.0633. The number of aryl methyl sites for hydroxylation is 2. The number of nitrogens with zero attached hydrogens (tertiary/aromatic N) is 5. The second kappa shape index (κ2) is 7.52. The molecule has 1 aromatic carbocycles. The lowest BCUT2D eigenvalue weighted by Gasteiger charge is -2.30. The summed E-state index contributed by atoms with van der Waals surface area (Å²) in [6.07, 6.45) is 1.65. The van der Waals surface area contributed by atoms with E-state index in [-0.39, 0.29) is 11.8 Å². The first-order valence-corrected chi connectivity index (χ1v) is 11.0. The van der Waals surface area contributed by atoms with Crippen LogP contribution in [-0.2, 0) is 0 Å². The van der Waals surface area contributed by atoms with E-state index in [1.807, 2.05) is 53.8 Å². The van der Waals surface area contributed by atoms with Gasteiger partial charge in [0, 0.05) is 29.4 Å². The van der Waals surface area contributed by atoms with Crippen molar-refractivity contribution in [3.8, 4) is 5.69 Å². The van der Waals surface area contributed by atoms with Gasteiger partial charge in [-0.3, -0.25) is 4.79 Å². The largest absolute Gasteiger partial charge is 0.339 e. The highest BCUT2D eigenvalue weighted by Gasteiger charge is 2.29. The molecule has 0 saturated carbocycles. The van der Waals surface area contributed by atoms with E-state index in [4.69, 9.17) is 16.1 Å². The molecule has 0 unspecified atom stereocenters. The van der Waals surface area contributed by atoms with Crippen molar-refractivity contribution in [3.63, 3.8) is 0 Å². The summed E-state index contributed by atoms with van der Waals surface area (Å²) in [6.45, 7) is 5.14. The number of aromatic nitrogens is 4. The van der Waals surface area contributed by atoms with Gasteiger partial charge in [-0.2, -0.15) is 10.1 Å². The van der Waals surface area contributed by atoms with Gasteiger partial charge in [0.15, 0.2) is 5.82 Å². The molecule has 0 aliphatic carbocycles. The van der Waals surface area contributed by atoms with Crippen molar-refractivity contribution in [2.24, 2.45) is 0 Å². The van der Waals surface area contributed by atoms with Gasteiger partial charge in [0.1, 0.15) is 4.83 Å². The number of carbonyl (C=O) groups excluding carboxylic acids is 1. The van der Waals surface area contributed by atoms with Crippen LogP contribution in [0.15, 0.2) is 34.9 Å². The van der Waals surface area contributed by atoms with Gasteiger partial charge in [-0.1, -0.05) is 22.8 Å². The summed E-state index contributed by atoms with van der Waals surface area (Å²) >= 11 is 7.63. The molecule has 0 bridgehead atoms. The molecule has 30 heavy (non-hydrogen) atoms. The molecule has 0 atom stereocenters. The number of carbonyl (C=O) groups is 1. The van der Waals surface area contributed by atoms with E-state index in [1.165, 1.54) is 11.3 Å². The first-order chi connectivity index (χ1) is 14.5. The zero-order chi connectivity index (χ0) is 20.8. The Kier molecular flexibility index (Phi) is 4.83. The summed E-state index contributed by atoms with van der Waals surface area (Å²) in [5.74, 6) is 1.61. The minimum Gasteiger partial charge on any atom is -0.339 e. The molecule has 1 saturated heterocycles. The average Bonchev–Trinajstić information content (AvgIpc) is 3.44. The highest BCUT2D eigenvalue weighted by atomic mass is 35.5. The van der Waals surface area contributed by atoms with Gasteiger partial charge in [0.05, 0.1) is 16.3 Å². The van der Waals surface area contributed by atoms with Crippen LogP contribution in [0, 0.1) is 13.8 Å². The van der Waals surface area contributed by atoms with Gasteiger partial charge in [-0.15, -0.1) is 11.3 Å². The summed E-state index contributed by atoms with van der Waals surface area (Å²) in [6, 6.07) is 9.53. The number of hydrogen-bond acceptors (Lipinski definition) is 6. The smallest absolute Gasteiger partial charge is 0.264 e. The topological polar surface area (TPSA) is 77.0 Å². The second-order valence-electron chi connectivity index (χ2n) is 7.55. The number of piperidine rings is 1. The normalized spacial score (nSPS) is 15.2. The van der Waals surface area contributed by atoms with Crippen molar-refractivity contribution >= 4 is 39.1 Å². The molecule has 0 radical (unpaired) electrons. The first-order valence-electron chi connectivity index (χ1n) is 9.84. The van der Waals surface area contributed by atoms with Crippen molar-refractivity contribution in [2.45, 2.75) is 32.6 Å². The van der Waals surface area contributed by atoms with Crippen LogP contribution in [0.3, 0.4) is 0 Å². The lowest BCUT2D eigenvalue weighted by atomic mass is 9.96. The quantitative estimate of drug-likeness (QED) is 0.458. The maximum atomic E-state index is 13.2. The molecule has 5 rings (SSSR count). The SMILES string of the molecule is Cc1noc(C2CCN(C(=O)c3cc4c(C)nn(-c5cccc(Cl)c5)c4s3)CC2)n1. The molecule has 1 amide bonds. The molecule has 0 N–H and O–H groups in total. The zero-order valence-corrected chi connectivity index (χ0v) is 18.2. The average molecular weight is 442 g/mol. The lowest BCUT2D eigenvalue weighted by Crippen LogP contribution is -2.37. The molecule has 4 heterocycles. The maximum Gasteiger partial charge on any atom is 0.264 e. The highest BCUT2D eigenvalue weighted by Crippen LogP contribution is 2.33. The molecule has 3 aromatic heterocycles. The van der Waals surface area contributed by atoms with Gasteiger partial charge in [0.2, 0.25) is 5.89 Å². The Morgan fingerprint density at radius 3 is 2.73 bits per heavy atom. The molecule has 1 aliphatic rings. The van der Waals surface area contributed by atoms with Crippen LogP contribution in [0.4, 0.5) is 0 Å². The predicted octanol–water partition coefficient (Wildman–Crippen LogP) is 4.76. The number of benzene rings is 1. The third-order valence-corrected chi connectivity index (χ3v) is 6.82. The van der Waals surface area contributed by atoms with Crippen molar-refractivity contribution < 1.29 is 9.32 Å². The van der Waals surface area contributed by atoms with Crippen molar-refractivity contribution in [1.82, 2.24) is 24.8 Å². The monoisotopic (exact) mass is 441 g/mol. The summed E-state index contributed by atoms with van der Waals surface area (Å²) in [4.78, 5) is 21.1. The molecule has 1 aliphatic heterocycles. The summed E-state index contributed by atoms with van der Waals surface area (Å²) in [5, 5.41) is 10.2. The van der Waals surface area contributed by atoms with Gasteiger partial charge in [-0.05, 0) is 51.0 Å². The van der Waals surface area contributed by atoms with Gasteiger partial charge >= 0.3 is 0 Å². The molecule has 4 aromatic rings. The van der Waals surface area contributed by atoms with Crippen molar-refractivity contribution in [3.05, 3.63) is 57.6 Å². The molecular formula is C21H20ClN5O2S. The molecule has 0 spiro atoms.